The zero-order valence-electron chi connectivity index (χ0n) is 21.7. The molecule has 0 unspecified atom stereocenters. The van der Waals surface area contributed by atoms with Gasteiger partial charge in [-0.1, -0.05) is 61.7 Å². The van der Waals surface area contributed by atoms with Gasteiger partial charge in [0.05, 0.1) is 5.56 Å². The van der Waals surface area contributed by atoms with Crippen LogP contribution in [0.15, 0.2) is 67.0 Å². The maximum absolute atomic E-state index is 13.1. The summed E-state index contributed by atoms with van der Waals surface area (Å²) in [4.78, 5) is 39.0. The number of aromatic nitrogens is 2. The third kappa shape index (κ3) is 6.07. The summed E-state index contributed by atoms with van der Waals surface area (Å²) in [5.41, 5.74) is 3.30. The lowest BCUT2D eigenvalue weighted by Crippen LogP contribution is -2.39. The fourth-order valence-corrected chi connectivity index (χ4v) is 5.69. The van der Waals surface area contributed by atoms with Gasteiger partial charge in [0.1, 0.15) is 0 Å². The van der Waals surface area contributed by atoms with Crippen LogP contribution in [-0.2, 0) is 6.42 Å². The Hall–Kier alpha value is -3.54. The summed E-state index contributed by atoms with van der Waals surface area (Å²) >= 11 is 0. The number of carbonyl (C=O) groups excluding carboxylic acids is 2. The predicted octanol–water partition coefficient (Wildman–Crippen LogP) is 5.64. The molecule has 0 spiro atoms. The van der Waals surface area contributed by atoms with E-state index in [4.69, 9.17) is 0 Å². The first-order chi connectivity index (χ1) is 18.1. The van der Waals surface area contributed by atoms with E-state index < -0.39 is 0 Å². The number of likely N-dealkylation sites (tertiary alicyclic amines) is 1. The van der Waals surface area contributed by atoms with Crippen LogP contribution in [0, 0.1) is 5.92 Å². The van der Waals surface area contributed by atoms with E-state index in [1.807, 2.05) is 47.2 Å². The maximum atomic E-state index is 13.1. The predicted molar refractivity (Wildman–Crippen MR) is 145 cm³/mol. The van der Waals surface area contributed by atoms with E-state index in [1.54, 1.807) is 12.4 Å². The van der Waals surface area contributed by atoms with Gasteiger partial charge in [-0.05, 0) is 55.7 Å². The van der Waals surface area contributed by atoms with Gasteiger partial charge in [0.25, 0.3) is 11.8 Å². The molecule has 2 heterocycles. The summed E-state index contributed by atoms with van der Waals surface area (Å²) in [5.74, 6) is 1.16. The highest BCUT2D eigenvalue weighted by Gasteiger charge is 2.25. The van der Waals surface area contributed by atoms with E-state index in [0.717, 1.165) is 50.8 Å². The molecule has 2 aliphatic rings. The molecule has 37 heavy (non-hydrogen) atoms. The minimum absolute atomic E-state index is 0.0113. The fraction of sp³-hybridized carbons (Fsp3) is 0.419. The van der Waals surface area contributed by atoms with Crippen molar-refractivity contribution in [2.45, 2.75) is 57.4 Å². The van der Waals surface area contributed by atoms with Gasteiger partial charge in [-0.25, -0.2) is 9.97 Å². The van der Waals surface area contributed by atoms with Crippen LogP contribution in [0.2, 0.25) is 0 Å². The Morgan fingerprint density at radius 1 is 0.865 bits per heavy atom. The number of rotatable bonds is 6. The van der Waals surface area contributed by atoms with Crippen molar-refractivity contribution in [2.24, 2.45) is 5.92 Å². The minimum atomic E-state index is -0.0113. The zero-order chi connectivity index (χ0) is 25.6. The van der Waals surface area contributed by atoms with Gasteiger partial charge in [-0.3, -0.25) is 9.59 Å². The van der Waals surface area contributed by atoms with Crippen LogP contribution in [0.25, 0.3) is 11.4 Å². The molecule has 6 heteroatoms. The second-order valence-corrected chi connectivity index (χ2v) is 10.5. The molecule has 6 nitrogen and oxygen atoms in total. The molecule has 1 aliphatic carbocycles. The Balaban J connectivity index is 1.19. The quantitative estimate of drug-likeness (QED) is 0.443. The van der Waals surface area contributed by atoms with Crippen LogP contribution < -0.4 is 0 Å². The van der Waals surface area contributed by atoms with Crippen molar-refractivity contribution in [2.75, 3.05) is 20.1 Å². The molecule has 0 radical (unpaired) electrons. The highest BCUT2D eigenvalue weighted by atomic mass is 16.2. The molecule has 3 aromatic rings. The van der Waals surface area contributed by atoms with Crippen LogP contribution in [0.3, 0.4) is 0 Å². The second kappa shape index (κ2) is 11.7. The van der Waals surface area contributed by atoms with Crippen molar-refractivity contribution in [3.8, 4) is 11.4 Å². The van der Waals surface area contributed by atoms with Gasteiger partial charge >= 0.3 is 0 Å². The van der Waals surface area contributed by atoms with Gasteiger partial charge in [0, 0.05) is 49.7 Å². The second-order valence-electron chi connectivity index (χ2n) is 10.5. The normalized spacial score (nSPS) is 16.9. The number of piperidine rings is 1. The number of carbonyl (C=O) groups is 2. The van der Waals surface area contributed by atoms with Crippen LogP contribution in [0.4, 0.5) is 0 Å². The lowest BCUT2D eigenvalue weighted by Gasteiger charge is -2.32. The van der Waals surface area contributed by atoms with Crippen molar-refractivity contribution >= 4 is 11.8 Å². The first-order valence-electron chi connectivity index (χ1n) is 13.6. The van der Waals surface area contributed by atoms with Crippen molar-refractivity contribution in [3.05, 3.63) is 83.7 Å². The van der Waals surface area contributed by atoms with Gasteiger partial charge in [0.2, 0.25) is 0 Å². The molecule has 2 amide bonds. The molecule has 2 fully saturated rings. The monoisotopic (exact) mass is 496 g/mol. The average Bonchev–Trinajstić information content (AvgIpc) is 2.97. The molecule has 1 aliphatic heterocycles. The van der Waals surface area contributed by atoms with E-state index in [9.17, 15) is 9.59 Å². The van der Waals surface area contributed by atoms with Crippen LogP contribution in [0.1, 0.15) is 71.2 Å². The summed E-state index contributed by atoms with van der Waals surface area (Å²) in [5, 5.41) is 0. The molecule has 0 N–H and O–H groups in total. The first-order valence-corrected chi connectivity index (χ1v) is 13.6. The molecule has 2 aromatic carbocycles. The Kier molecular flexibility index (Phi) is 7.93. The van der Waals surface area contributed by atoms with E-state index >= 15 is 0 Å². The summed E-state index contributed by atoms with van der Waals surface area (Å²) in [6.07, 6.45) is 12.1. The molecule has 192 valence electrons. The lowest BCUT2D eigenvalue weighted by atomic mass is 9.90. The summed E-state index contributed by atoms with van der Waals surface area (Å²) in [6, 6.07) is 18.4. The van der Waals surface area contributed by atoms with E-state index in [1.165, 1.54) is 24.8 Å². The minimum Gasteiger partial charge on any atom is -0.339 e. The number of nitrogens with zero attached hydrogens (tertiary/aromatic N) is 4. The Labute approximate surface area is 219 Å². The molecule has 0 bridgehead atoms. The standard InChI is InChI=1S/C31H36N4O2/c1-34(28-13-6-3-7-14-28)30(36)26-12-8-11-25(20-26)29-32-21-27(22-33-29)31(37)35-17-15-24(16-18-35)19-23-9-4-2-5-10-23/h2,4-5,8-12,20-22,24,28H,3,6-7,13-19H2,1H3. The van der Waals surface area contributed by atoms with E-state index in [2.05, 4.69) is 34.2 Å². The SMILES string of the molecule is CN(C(=O)c1cccc(-c2ncc(C(=O)N3CCC(Cc4ccccc4)CC3)cn2)c1)C1CCCCC1. The first kappa shape index (κ1) is 25.1. The fourth-order valence-electron chi connectivity index (χ4n) is 5.69. The number of amides is 2. The number of hydrogen-bond donors (Lipinski definition) is 0. The molecule has 1 saturated carbocycles. The summed E-state index contributed by atoms with van der Waals surface area (Å²) in [7, 11) is 1.91. The van der Waals surface area contributed by atoms with Crippen molar-refractivity contribution in [1.82, 2.24) is 19.8 Å². The summed E-state index contributed by atoms with van der Waals surface area (Å²) in [6.45, 7) is 1.52. The van der Waals surface area contributed by atoms with Crippen LogP contribution in [0.5, 0.6) is 0 Å². The third-order valence-corrected chi connectivity index (χ3v) is 7.98. The molecule has 5 rings (SSSR count). The van der Waals surface area contributed by atoms with Crippen molar-refractivity contribution in [1.29, 1.82) is 0 Å². The van der Waals surface area contributed by atoms with Gasteiger partial charge in [-0.2, -0.15) is 0 Å². The Bertz CT molecular complexity index is 1200. The molecular weight excluding hydrogens is 460 g/mol. The highest BCUT2D eigenvalue weighted by molar-refractivity contribution is 5.95. The van der Waals surface area contributed by atoms with Gasteiger partial charge in [0.15, 0.2) is 5.82 Å². The Morgan fingerprint density at radius 3 is 2.27 bits per heavy atom. The molecule has 1 aromatic heterocycles. The van der Waals surface area contributed by atoms with Crippen molar-refractivity contribution in [3.63, 3.8) is 0 Å². The lowest BCUT2D eigenvalue weighted by molar-refractivity contribution is 0.0685. The smallest absolute Gasteiger partial charge is 0.256 e. The van der Waals surface area contributed by atoms with Crippen molar-refractivity contribution < 1.29 is 9.59 Å². The molecular formula is C31H36N4O2. The topological polar surface area (TPSA) is 66.4 Å². The largest absolute Gasteiger partial charge is 0.339 e. The third-order valence-electron chi connectivity index (χ3n) is 7.98. The molecule has 0 atom stereocenters. The number of hydrogen-bond acceptors (Lipinski definition) is 4. The molecule has 1 saturated heterocycles. The maximum Gasteiger partial charge on any atom is 0.256 e. The van der Waals surface area contributed by atoms with Gasteiger partial charge in [-0.15, -0.1) is 0 Å². The van der Waals surface area contributed by atoms with E-state index in [0.29, 0.717) is 28.9 Å². The summed E-state index contributed by atoms with van der Waals surface area (Å²) < 4.78 is 0. The highest BCUT2D eigenvalue weighted by Crippen LogP contribution is 2.25. The Morgan fingerprint density at radius 2 is 1.57 bits per heavy atom. The zero-order valence-corrected chi connectivity index (χ0v) is 21.7. The van der Waals surface area contributed by atoms with E-state index in [-0.39, 0.29) is 11.8 Å². The average molecular weight is 497 g/mol. The van der Waals surface area contributed by atoms with Crippen LogP contribution >= 0.6 is 0 Å². The van der Waals surface area contributed by atoms with Gasteiger partial charge < -0.3 is 9.80 Å². The number of benzene rings is 2. The van der Waals surface area contributed by atoms with Crippen LogP contribution in [-0.4, -0.2) is 57.8 Å².